The molecule has 1 aromatic heterocycles. The zero-order chi connectivity index (χ0) is 11.5. The van der Waals surface area contributed by atoms with Crippen LogP contribution in [0.25, 0.3) is 0 Å². The van der Waals surface area contributed by atoms with E-state index in [0.717, 1.165) is 6.20 Å². The largest absolute Gasteiger partial charge is 0.480 e. The van der Waals surface area contributed by atoms with Crippen LogP contribution in [-0.4, -0.2) is 35.7 Å². The summed E-state index contributed by atoms with van der Waals surface area (Å²) in [6.45, 7) is 1.58. The second-order valence-corrected chi connectivity index (χ2v) is 4.57. The van der Waals surface area contributed by atoms with Crippen molar-refractivity contribution in [2.75, 3.05) is 0 Å². The summed E-state index contributed by atoms with van der Waals surface area (Å²) in [5.41, 5.74) is 0. The third-order valence-corrected chi connectivity index (χ3v) is 3.23. The molecule has 0 aliphatic heterocycles. The summed E-state index contributed by atoms with van der Waals surface area (Å²) in [4.78, 5) is 10.5. The standard InChI is InChI=1S/C7H11N3O4S/c1-2-6(7(11)12)10-15(13,14)5-3-8-9-4-5/h3-4,6,10H,2H2,1H3,(H,8,9)(H,11,12)/t6-/m1/s1. The van der Waals surface area contributed by atoms with Crippen LogP contribution in [-0.2, 0) is 14.8 Å². The highest BCUT2D eigenvalue weighted by Gasteiger charge is 2.24. The molecule has 0 unspecified atom stereocenters. The van der Waals surface area contributed by atoms with Gasteiger partial charge in [0.15, 0.2) is 0 Å². The van der Waals surface area contributed by atoms with Crippen LogP contribution in [0, 0.1) is 0 Å². The maximum atomic E-state index is 11.5. The molecule has 1 aromatic rings. The van der Waals surface area contributed by atoms with Gasteiger partial charge in [0.2, 0.25) is 10.0 Å². The summed E-state index contributed by atoms with van der Waals surface area (Å²) >= 11 is 0. The van der Waals surface area contributed by atoms with Crippen molar-refractivity contribution >= 4 is 16.0 Å². The van der Waals surface area contributed by atoms with Crippen LogP contribution in [0.3, 0.4) is 0 Å². The molecule has 84 valence electrons. The molecule has 0 saturated heterocycles. The van der Waals surface area contributed by atoms with Gasteiger partial charge in [0.1, 0.15) is 10.9 Å². The smallest absolute Gasteiger partial charge is 0.321 e. The van der Waals surface area contributed by atoms with Crippen molar-refractivity contribution < 1.29 is 18.3 Å². The quantitative estimate of drug-likeness (QED) is 0.637. The summed E-state index contributed by atoms with van der Waals surface area (Å²) in [5, 5.41) is 14.5. The van der Waals surface area contributed by atoms with Crippen LogP contribution in [0.1, 0.15) is 13.3 Å². The maximum Gasteiger partial charge on any atom is 0.321 e. The fourth-order valence-corrected chi connectivity index (χ4v) is 2.13. The van der Waals surface area contributed by atoms with Crippen molar-refractivity contribution in [3.05, 3.63) is 12.4 Å². The summed E-state index contributed by atoms with van der Waals surface area (Å²) in [6.07, 6.45) is 2.46. The van der Waals surface area contributed by atoms with Crippen LogP contribution >= 0.6 is 0 Å². The molecule has 0 saturated carbocycles. The number of aromatic nitrogens is 2. The molecule has 15 heavy (non-hydrogen) atoms. The van der Waals surface area contributed by atoms with E-state index < -0.39 is 22.0 Å². The molecule has 1 atom stereocenters. The van der Waals surface area contributed by atoms with Gasteiger partial charge in [0, 0.05) is 6.20 Å². The van der Waals surface area contributed by atoms with Crippen molar-refractivity contribution in [1.29, 1.82) is 0 Å². The first-order valence-electron chi connectivity index (χ1n) is 4.21. The van der Waals surface area contributed by atoms with Gasteiger partial charge in [0.05, 0.1) is 6.20 Å². The van der Waals surface area contributed by atoms with Crippen molar-refractivity contribution in [3.8, 4) is 0 Å². The van der Waals surface area contributed by atoms with Crippen molar-refractivity contribution in [2.45, 2.75) is 24.3 Å². The maximum absolute atomic E-state index is 11.5. The minimum absolute atomic E-state index is 0.0813. The fraction of sp³-hybridized carbons (Fsp3) is 0.429. The van der Waals surface area contributed by atoms with Gasteiger partial charge in [-0.05, 0) is 6.42 Å². The van der Waals surface area contributed by atoms with E-state index in [0.29, 0.717) is 0 Å². The Morgan fingerprint density at radius 2 is 2.40 bits per heavy atom. The number of aliphatic carboxylic acids is 1. The highest BCUT2D eigenvalue weighted by atomic mass is 32.2. The summed E-state index contributed by atoms with van der Waals surface area (Å²) in [7, 11) is -3.80. The molecule has 0 fully saturated rings. The molecule has 7 nitrogen and oxygen atoms in total. The SMILES string of the molecule is CC[C@@H](NS(=O)(=O)c1cn[nH]c1)C(=O)O. The Balaban J connectivity index is 2.86. The molecule has 8 heteroatoms. The van der Waals surface area contributed by atoms with Gasteiger partial charge in [-0.2, -0.15) is 9.82 Å². The molecule has 0 spiro atoms. The molecule has 0 aromatic carbocycles. The van der Waals surface area contributed by atoms with Gasteiger partial charge in [-0.25, -0.2) is 8.42 Å². The molecule has 1 rings (SSSR count). The monoisotopic (exact) mass is 233 g/mol. The number of carbonyl (C=O) groups is 1. The lowest BCUT2D eigenvalue weighted by atomic mass is 10.2. The first-order valence-corrected chi connectivity index (χ1v) is 5.69. The number of nitrogens with zero attached hydrogens (tertiary/aromatic N) is 1. The Kier molecular flexibility index (Phi) is 3.43. The normalized spacial score (nSPS) is 13.7. The minimum atomic E-state index is -3.80. The minimum Gasteiger partial charge on any atom is -0.480 e. The van der Waals surface area contributed by atoms with E-state index in [-0.39, 0.29) is 11.3 Å². The van der Waals surface area contributed by atoms with Crippen molar-refractivity contribution in [3.63, 3.8) is 0 Å². The fourth-order valence-electron chi connectivity index (χ4n) is 0.950. The van der Waals surface area contributed by atoms with Crippen LogP contribution in [0.15, 0.2) is 17.3 Å². The molecule has 0 radical (unpaired) electrons. The van der Waals surface area contributed by atoms with Gasteiger partial charge in [-0.3, -0.25) is 9.89 Å². The first-order chi connectivity index (χ1) is 6.97. The van der Waals surface area contributed by atoms with Crippen LogP contribution in [0.4, 0.5) is 0 Å². The average Bonchev–Trinajstić information content (AvgIpc) is 2.67. The van der Waals surface area contributed by atoms with E-state index in [2.05, 4.69) is 14.9 Å². The number of hydrogen-bond acceptors (Lipinski definition) is 4. The molecule has 0 amide bonds. The number of carboxylic acids is 1. The molecule has 0 bridgehead atoms. The summed E-state index contributed by atoms with van der Waals surface area (Å²) < 4.78 is 25.1. The van der Waals surface area contributed by atoms with Crippen LogP contribution in [0.5, 0.6) is 0 Å². The Labute approximate surface area is 86.6 Å². The Hall–Kier alpha value is -1.41. The highest BCUT2D eigenvalue weighted by molar-refractivity contribution is 7.89. The summed E-state index contributed by atoms with van der Waals surface area (Å²) in [5.74, 6) is -1.20. The Morgan fingerprint density at radius 3 is 2.80 bits per heavy atom. The zero-order valence-corrected chi connectivity index (χ0v) is 8.78. The third-order valence-electron chi connectivity index (χ3n) is 1.79. The lowest BCUT2D eigenvalue weighted by Crippen LogP contribution is -2.40. The van der Waals surface area contributed by atoms with Gasteiger partial charge < -0.3 is 5.11 Å². The second kappa shape index (κ2) is 4.41. The number of hydrogen-bond donors (Lipinski definition) is 3. The molecule has 0 aliphatic rings. The number of H-pyrrole nitrogens is 1. The molecular formula is C7H11N3O4S. The third kappa shape index (κ3) is 2.77. The van der Waals surface area contributed by atoms with E-state index in [4.69, 9.17) is 5.11 Å². The van der Waals surface area contributed by atoms with Gasteiger partial charge in [-0.1, -0.05) is 6.92 Å². The Bertz CT molecular complexity index is 425. The second-order valence-electron chi connectivity index (χ2n) is 2.85. The number of aromatic amines is 1. The van der Waals surface area contributed by atoms with Crippen molar-refractivity contribution in [1.82, 2.24) is 14.9 Å². The molecule has 3 N–H and O–H groups in total. The highest BCUT2D eigenvalue weighted by Crippen LogP contribution is 2.06. The number of rotatable bonds is 5. The number of sulfonamides is 1. The molecule has 0 aliphatic carbocycles. The summed E-state index contributed by atoms with van der Waals surface area (Å²) in [6, 6.07) is -1.12. The van der Waals surface area contributed by atoms with E-state index in [9.17, 15) is 13.2 Å². The molecular weight excluding hydrogens is 222 g/mol. The number of carboxylic acid groups (broad SMARTS) is 1. The van der Waals surface area contributed by atoms with E-state index in [1.54, 1.807) is 6.92 Å². The van der Waals surface area contributed by atoms with Crippen molar-refractivity contribution in [2.24, 2.45) is 0 Å². The predicted octanol–water partition coefficient (Wildman–Crippen LogP) is -0.449. The Morgan fingerprint density at radius 1 is 1.73 bits per heavy atom. The van der Waals surface area contributed by atoms with E-state index in [1.807, 2.05) is 0 Å². The van der Waals surface area contributed by atoms with Crippen LogP contribution in [0.2, 0.25) is 0 Å². The predicted molar refractivity (Wildman–Crippen MR) is 50.6 cm³/mol. The van der Waals surface area contributed by atoms with Gasteiger partial charge in [0.25, 0.3) is 0 Å². The van der Waals surface area contributed by atoms with E-state index in [1.165, 1.54) is 6.20 Å². The number of nitrogens with one attached hydrogen (secondary N) is 2. The van der Waals surface area contributed by atoms with E-state index >= 15 is 0 Å². The average molecular weight is 233 g/mol. The lowest BCUT2D eigenvalue weighted by molar-refractivity contribution is -0.139. The molecule has 1 heterocycles. The topological polar surface area (TPSA) is 112 Å². The van der Waals surface area contributed by atoms with Crippen LogP contribution < -0.4 is 4.72 Å². The first kappa shape index (κ1) is 11.7. The van der Waals surface area contributed by atoms with Gasteiger partial charge in [-0.15, -0.1) is 0 Å². The lowest BCUT2D eigenvalue weighted by Gasteiger charge is -2.11. The van der Waals surface area contributed by atoms with Gasteiger partial charge >= 0.3 is 5.97 Å². The zero-order valence-electron chi connectivity index (χ0n) is 7.97.